The SMILES string of the molecule is COC(=O)C(C)(C)NC(=O)c1cccc(S(=O)(=O)N2CCCC2)c1. The highest BCUT2D eigenvalue weighted by molar-refractivity contribution is 7.89. The molecule has 1 fully saturated rings. The van der Waals surface area contributed by atoms with Crippen LogP contribution in [0.15, 0.2) is 29.2 Å². The quantitative estimate of drug-likeness (QED) is 0.801. The smallest absolute Gasteiger partial charge is 0.330 e. The number of carbonyl (C=O) groups is 2. The Labute approximate surface area is 142 Å². The van der Waals surface area contributed by atoms with Crippen molar-refractivity contribution in [3.63, 3.8) is 0 Å². The van der Waals surface area contributed by atoms with Gasteiger partial charge in [-0.25, -0.2) is 13.2 Å². The van der Waals surface area contributed by atoms with Crippen LogP contribution in [0, 0.1) is 0 Å². The third-order valence-corrected chi connectivity index (χ3v) is 5.82. The molecule has 1 aliphatic heterocycles. The van der Waals surface area contributed by atoms with Crippen molar-refractivity contribution in [2.45, 2.75) is 37.1 Å². The monoisotopic (exact) mass is 354 g/mol. The van der Waals surface area contributed by atoms with E-state index in [0.29, 0.717) is 13.1 Å². The Balaban J connectivity index is 2.24. The molecule has 1 aromatic rings. The summed E-state index contributed by atoms with van der Waals surface area (Å²) in [6.07, 6.45) is 1.68. The molecule has 1 aromatic carbocycles. The van der Waals surface area contributed by atoms with E-state index < -0.39 is 27.4 Å². The highest BCUT2D eigenvalue weighted by Gasteiger charge is 2.32. The number of carbonyl (C=O) groups excluding carboxylic acids is 2. The molecule has 0 spiro atoms. The lowest BCUT2D eigenvalue weighted by atomic mass is 10.1. The number of sulfonamides is 1. The van der Waals surface area contributed by atoms with Crippen LogP contribution < -0.4 is 5.32 Å². The molecule has 0 unspecified atom stereocenters. The van der Waals surface area contributed by atoms with Gasteiger partial charge >= 0.3 is 5.97 Å². The van der Waals surface area contributed by atoms with Crippen LogP contribution in [0.25, 0.3) is 0 Å². The molecule has 0 atom stereocenters. The first-order valence-corrected chi connectivity index (χ1v) is 9.13. The highest BCUT2D eigenvalue weighted by Crippen LogP contribution is 2.21. The standard InChI is InChI=1S/C16H22N2O5S/c1-16(2,15(20)23-3)17-14(19)12-7-6-8-13(11-12)24(21,22)18-9-4-5-10-18/h6-8,11H,4-5,9-10H2,1-3H3,(H,17,19). The lowest BCUT2D eigenvalue weighted by Crippen LogP contribution is -2.50. The number of esters is 1. The van der Waals surface area contributed by atoms with E-state index in [1.165, 1.54) is 49.5 Å². The first-order chi connectivity index (χ1) is 11.2. The molecule has 2 rings (SSSR count). The molecule has 132 valence electrons. The Morgan fingerprint density at radius 1 is 1.21 bits per heavy atom. The Bertz CT molecular complexity index is 737. The zero-order chi connectivity index (χ0) is 18.0. The molecule has 0 aromatic heterocycles. The maximum atomic E-state index is 12.6. The van der Waals surface area contributed by atoms with E-state index in [2.05, 4.69) is 10.1 Å². The molecule has 0 bridgehead atoms. The summed E-state index contributed by atoms with van der Waals surface area (Å²) in [7, 11) is -2.36. The van der Waals surface area contributed by atoms with Gasteiger partial charge in [-0.05, 0) is 44.9 Å². The van der Waals surface area contributed by atoms with E-state index in [4.69, 9.17) is 0 Å². The molecular formula is C16H22N2O5S. The van der Waals surface area contributed by atoms with Gasteiger partial charge in [-0.2, -0.15) is 4.31 Å². The Kier molecular flexibility index (Phi) is 5.29. The number of hydrogen-bond acceptors (Lipinski definition) is 5. The topological polar surface area (TPSA) is 92.8 Å². The number of rotatable bonds is 5. The van der Waals surface area contributed by atoms with Crippen molar-refractivity contribution in [1.29, 1.82) is 0 Å². The summed E-state index contributed by atoms with van der Waals surface area (Å²) in [6.45, 7) is 4.02. The van der Waals surface area contributed by atoms with Gasteiger partial charge in [-0.1, -0.05) is 6.07 Å². The first-order valence-electron chi connectivity index (χ1n) is 7.69. The number of hydrogen-bond donors (Lipinski definition) is 1. The minimum Gasteiger partial charge on any atom is -0.467 e. The second-order valence-electron chi connectivity index (χ2n) is 6.21. The van der Waals surface area contributed by atoms with Gasteiger partial charge in [0.25, 0.3) is 5.91 Å². The zero-order valence-electron chi connectivity index (χ0n) is 14.0. The van der Waals surface area contributed by atoms with Crippen LogP contribution in [0.1, 0.15) is 37.0 Å². The molecule has 1 amide bonds. The van der Waals surface area contributed by atoms with Crippen molar-refractivity contribution in [3.05, 3.63) is 29.8 Å². The average Bonchev–Trinajstić information content (AvgIpc) is 3.09. The molecule has 1 saturated heterocycles. The molecular weight excluding hydrogens is 332 g/mol. The average molecular weight is 354 g/mol. The van der Waals surface area contributed by atoms with Gasteiger partial charge in [-0.15, -0.1) is 0 Å². The Morgan fingerprint density at radius 2 is 1.83 bits per heavy atom. The normalized spacial score (nSPS) is 16.0. The second kappa shape index (κ2) is 6.90. The number of methoxy groups -OCH3 is 1. The number of nitrogens with zero attached hydrogens (tertiary/aromatic N) is 1. The largest absolute Gasteiger partial charge is 0.467 e. The predicted molar refractivity (Wildman–Crippen MR) is 88.0 cm³/mol. The van der Waals surface area contributed by atoms with E-state index in [1.807, 2.05) is 0 Å². The Hall–Kier alpha value is -1.93. The van der Waals surface area contributed by atoms with Gasteiger partial charge in [0.2, 0.25) is 10.0 Å². The fourth-order valence-corrected chi connectivity index (χ4v) is 4.10. The molecule has 1 N–H and O–H groups in total. The minimum atomic E-state index is -3.60. The van der Waals surface area contributed by atoms with Gasteiger partial charge in [0, 0.05) is 18.7 Å². The molecule has 7 nitrogen and oxygen atoms in total. The molecule has 0 aliphatic carbocycles. The molecule has 1 heterocycles. The van der Waals surface area contributed by atoms with E-state index in [9.17, 15) is 18.0 Å². The van der Waals surface area contributed by atoms with Crippen molar-refractivity contribution in [1.82, 2.24) is 9.62 Å². The predicted octanol–water partition coefficient (Wildman–Crippen LogP) is 1.15. The van der Waals surface area contributed by atoms with Crippen molar-refractivity contribution in [2.75, 3.05) is 20.2 Å². The summed E-state index contributed by atoms with van der Waals surface area (Å²) in [5, 5.41) is 2.55. The van der Waals surface area contributed by atoms with Gasteiger partial charge < -0.3 is 10.1 Å². The molecule has 24 heavy (non-hydrogen) atoms. The van der Waals surface area contributed by atoms with Crippen LogP contribution in [0.2, 0.25) is 0 Å². The fourth-order valence-electron chi connectivity index (χ4n) is 2.54. The van der Waals surface area contributed by atoms with Crippen LogP contribution in [0.5, 0.6) is 0 Å². The van der Waals surface area contributed by atoms with Gasteiger partial charge in [0.1, 0.15) is 5.54 Å². The summed E-state index contributed by atoms with van der Waals surface area (Å²) >= 11 is 0. The summed E-state index contributed by atoms with van der Waals surface area (Å²) < 4.78 is 31.2. The van der Waals surface area contributed by atoms with Gasteiger partial charge in [0.15, 0.2) is 0 Å². The zero-order valence-corrected chi connectivity index (χ0v) is 14.9. The molecule has 8 heteroatoms. The number of amides is 1. The molecule has 1 aliphatic rings. The van der Waals surface area contributed by atoms with E-state index in [1.54, 1.807) is 0 Å². The number of benzene rings is 1. The first kappa shape index (κ1) is 18.4. The number of nitrogens with one attached hydrogen (secondary N) is 1. The summed E-state index contributed by atoms with van der Waals surface area (Å²) in [6, 6.07) is 5.82. The highest BCUT2D eigenvalue weighted by atomic mass is 32.2. The van der Waals surface area contributed by atoms with Crippen LogP contribution in [0.3, 0.4) is 0 Å². The van der Waals surface area contributed by atoms with Crippen LogP contribution in [-0.4, -0.2) is 50.3 Å². The summed E-state index contributed by atoms with van der Waals surface area (Å²) in [5.74, 6) is -1.12. The molecule has 0 radical (unpaired) electrons. The lowest BCUT2D eigenvalue weighted by molar-refractivity contribution is -0.146. The third kappa shape index (κ3) is 3.76. The fraction of sp³-hybridized carbons (Fsp3) is 0.500. The number of ether oxygens (including phenoxy) is 1. The van der Waals surface area contributed by atoms with Gasteiger partial charge in [0.05, 0.1) is 12.0 Å². The molecule has 0 saturated carbocycles. The minimum absolute atomic E-state index is 0.0768. The van der Waals surface area contributed by atoms with Crippen molar-refractivity contribution >= 4 is 21.9 Å². The van der Waals surface area contributed by atoms with E-state index >= 15 is 0 Å². The summed E-state index contributed by atoms with van der Waals surface area (Å²) in [4.78, 5) is 24.1. The van der Waals surface area contributed by atoms with Crippen molar-refractivity contribution < 1.29 is 22.7 Å². The second-order valence-corrected chi connectivity index (χ2v) is 8.15. The van der Waals surface area contributed by atoms with E-state index in [0.717, 1.165) is 12.8 Å². The van der Waals surface area contributed by atoms with Crippen LogP contribution in [-0.2, 0) is 19.6 Å². The van der Waals surface area contributed by atoms with Crippen LogP contribution >= 0.6 is 0 Å². The maximum absolute atomic E-state index is 12.6. The van der Waals surface area contributed by atoms with Gasteiger partial charge in [-0.3, -0.25) is 4.79 Å². The Morgan fingerprint density at radius 3 is 2.42 bits per heavy atom. The van der Waals surface area contributed by atoms with E-state index in [-0.39, 0.29) is 10.5 Å². The maximum Gasteiger partial charge on any atom is 0.330 e. The summed E-state index contributed by atoms with van der Waals surface area (Å²) in [5.41, 5.74) is -1.04. The van der Waals surface area contributed by atoms with Crippen molar-refractivity contribution in [3.8, 4) is 0 Å². The lowest BCUT2D eigenvalue weighted by Gasteiger charge is -2.23. The third-order valence-electron chi connectivity index (χ3n) is 3.92. The van der Waals surface area contributed by atoms with Crippen molar-refractivity contribution in [2.24, 2.45) is 0 Å². The van der Waals surface area contributed by atoms with Crippen LogP contribution in [0.4, 0.5) is 0 Å².